The summed E-state index contributed by atoms with van der Waals surface area (Å²) in [6.45, 7) is 1.96. The van der Waals surface area contributed by atoms with Crippen molar-refractivity contribution in [2.75, 3.05) is 13.6 Å². The fourth-order valence-electron chi connectivity index (χ4n) is 3.98. The van der Waals surface area contributed by atoms with Crippen molar-refractivity contribution in [2.24, 2.45) is 0 Å². The van der Waals surface area contributed by atoms with Crippen LogP contribution in [0.4, 0.5) is 8.78 Å². The summed E-state index contributed by atoms with van der Waals surface area (Å²) in [4.78, 5) is 39.8. The molecule has 1 fully saturated rings. The van der Waals surface area contributed by atoms with Gasteiger partial charge in [0.1, 0.15) is 23.7 Å². The molecule has 3 rings (SSSR count). The van der Waals surface area contributed by atoms with Crippen LogP contribution in [-0.2, 0) is 14.4 Å². The molecule has 1 aliphatic heterocycles. The molecule has 0 aromatic heterocycles. The van der Waals surface area contributed by atoms with Crippen molar-refractivity contribution in [3.63, 3.8) is 0 Å². The maximum atomic E-state index is 13.4. The topological polar surface area (TPSA) is 98.7 Å². The molecular formula is C24H27F2N3O4. The molecule has 3 amide bonds. The molecule has 1 aliphatic rings. The predicted octanol–water partition coefficient (Wildman–Crippen LogP) is 2.02. The monoisotopic (exact) mass is 459 g/mol. The van der Waals surface area contributed by atoms with Crippen LogP contribution in [-0.4, -0.2) is 53.4 Å². The first-order valence-electron chi connectivity index (χ1n) is 10.7. The van der Waals surface area contributed by atoms with Crippen molar-refractivity contribution in [1.29, 1.82) is 0 Å². The molecular weight excluding hydrogens is 432 g/mol. The highest BCUT2D eigenvalue weighted by atomic mass is 19.1. The van der Waals surface area contributed by atoms with E-state index in [4.69, 9.17) is 0 Å². The normalized spacial score (nSPS) is 20.5. The molecule has 2 aromatic rings. The van der Waals surface area contributed by atoms with Crippen LogP contribution in [0.3, 0.4) is 0 Å². The lowest BCUT2D eigenvalue weighted by molar-refractivity contribution is -0.137. The van der Waals surface area contributed by atoms with Gasteiger partial charge in [0, 0.05) is 25.6 Å². The number of amides is 3. The third-order valence-electron chi connectivity index (χ3n) is 5.78. The third kappa shape index (κ3) is 5.92. The Bertz CT molecular complexity index is 998. The summed E-state index contributed by atoms with van der Waals surface area (Å²) in [7, 11) is 1.68. The van der Waals surface area contributed by atoms with Crippen LogP contribution in [0.2, 0.25) is 0 Å². The Morgan fingerprint density at radius 2 is 1.73 bits per heavy atom. The average Bonchev–Trinajstić information content (AvgIpc) is 2.92. The highest BCUT2D eigenvalue weighted by Gasteiger charge is 2.36. The van der Waals surface area contributed by atoms with Gasteiger partial charge in [-0.15, -0.1) is 0 Å². The molecule has 0 spiro atoms. The second-order valence-corrected chi connectivity index (χ2v) is 8.24. The van der Waals surface area contributed by atoms with Crippen LogP contribution in [0.25, 0.3) is 0 Å². The Morgan fingerprint density at radius 1 is 1.09 bits per heavy atom. The van der Waals surface area contributed by atoms with E-state index in [0.717, 1.165) is 24.1 Å². The van der Waals surface area contributed by atoms with Crippen molar-refractivity contribution < 1.29 is 28.3 Å². The van der Waals surface area contributed by atoms with Gasteiger partial charge in [-0.05, 0) is 43.0 Å². The molecule has 2 aromatic carbocycles. The summed E-state index contributed by atoms with van der Waals surface area (Å²) in [6, 6.07) is 9.77. The molecule has 0 bridgehead atoms. The fraction of sp³-hybridized carbons (Fsp3) is 0.375. The summed E-state index contributed by atoms with van der Waals surface area (Å²) < 4.78 is 26.8. The van der Waals surface area contributed by atoms with E-state index in [0.29, 0.717) is 19.0 Å². The Kier molecular flexibility index (Phi) is 7.75. The van der Waals surface area contributed by atoms with E-state index in [1.54, 1.807) is 11.9 Å². The summed E-state index contributed by atoms with van der Waals surface area (Å²) in [5, 5.41) is 15.2. The first kappa shape index (κ1) is 24.3. The molecule has 9 heteroatoms. The molecule has 3 N–H and O–H groups in total. The number of likely N-dealkylation sites (tertiary alicyclic amines) is 1. The van der Waals surface area contributed by atoms with Gasteiger partial charge in [-0.2, -0.15) is 0 Å². The quantitative estimate of drug-likeness (QED) is 0.616. The summed E-state index contributed by atoms with van der Waals surface area (Å²) in [5.74, 6) is -3.96. The minimum Gasteiger partial charge on any atom is -0.378 e. The first-order valence-corrected chi connectivity index (χ1v) is 10.7. The van der Waals surface area contributed by atoms with E-state index in [1.165, 1.54) is 6.92 Å². The number of aliphatic hydroxyl groups excluding tert-OH is 1. The zero-order valence-corrected chi connectivity index (χ0v) is 18.4. The van der Waals surface area contributed by atoms with Crippen LogP contribution in [0.1, 0.15) is 42.9 Å². The number of halogens is 2. The van der Waals surface area contributed by atoms with Gasteiger partial charge in [0.15, 0.2) is 6.10 Å². The number of nitrogens with one attached hydrogen (secondary N) is 2. The second kappa shape index (κ2) is 10.5. The Labute approximate surface area is 190 Å². The van der Waals surface area contributed by atoms with Crippen LogP contribution in [0, 0.1) is 11.6 Å². The lowest BCUT2D eigenvalue weighted by Crippen LogP contribution is -2.54. The SMILES string of the molecule is C[C@H](NC(=O)[C@@H](O)c1cc(F)cc(F)c1)C(=O)N[C@@H]1C(=O)N(C)CCC[C@@H]1c1ccccc1. The number of hydrogen-bond acceptors (Lipinski definition) is 4. The molecule has 7 nitrogen and oxygen atoms in total. The van der Waals surface area contributed by atoms with Gasteiger partial charge in [-0.3, -0.25) is 14.4 Å². The zero-order chi connectivity index (χ0) is 24.1. The van der Waals surface area contributed by atoms with Gasteiger partial charge in [0.2, 0.25) is 11.8 Å². The van der Waals surface area contributed by atoms with E-state index in [-0.39, 0.29) is 17.4 Å². The second-order valence-electron chi connectivity index (χ2n) is 8.24. The van der Waals surface area contributed by atoms with Gasteiger partial charge in [0.25, 0.3) is 5.91 Å². The van der Waals surface area contributed by atoms with E-state index in [2.05, 4.69) is 10.6 Å². The number of aliphatic hydroxyl groups is 1. The average molecular weight is 459 g/mol. The van der Waals surface area contributed by atoms with Gasteiger partial charge >= 0.3 is 0 Å². The van der Waals surface area contributed by atoms with Crippen LogP contribution in [0.15, 0.2) is 48.5 Å². The van der Waals surface area contributed by atoms with Gasteiger partial charge in [-0.25, -0.2) is 8.78 Å². The number of hydrogen-bond donors (Lipinski definition) is 3. The van der Waals surface area contributed by atoms with E-state index in [1.807, 2.05) is 30.3 Å². The maximum absolute atomic E-state index is 13.4. The predicted molar refractivity (Wildman–Crippen MR) is 117 cm³/mol. The van der Waals surface area contributed by atoms with Crippen LogP contribution in [0.5, 0.6) is 0 Å². The first-order chi connectivity index (χ1) is 15.7. The van der Waals surface area contributed by atoms with Crippen LogP contribution >= 0.6 is 0 Å². The smallest absolute Gasteiger partial charge is 0.254 e. The lowest BCUT2D eigenvalue weighted by Gasteiger charge is -2.28. The van der Waals surface area contributed by atoms with Crippen molar-refractivity contribution >= 4 is 17.7 Å². The van der Waals surface area contributed by atoms with E-state index >= 15 is 0 Å². The van der Waals surface area contributed by atoms with Gasteiger partial charge in [0.05, 0.1) is 0 Å². The maximum Gasteiger partial charge on any atom is 0.254 e. The fourth-order valence-corrected chi connectivity index (χ4v) is 3.98. The molecule has 1 heterocycles. The van der Waals surface area contributed by atoms with E-state index < -0.39 is 41.6 Å². The van der Waals surface area contributed by atoms with Crippen molar-refractivity contribution in [3.8, 4) is 0 Å². The molecule has 1 saturated heterocycles. The molecule has 0 unspecified atom stereocenters. The van der Waals surface area contributed by atoms with Crippen molar-refractivity contribution in [1.82, 2.24) is 15.5 Å². The summed E-state index contributed by atoms with van der Waals surface area (Å²) in [6.07, 6.45) is -0.403. The van der Waals surface area contributed by atoms with Crippen LogP contribution < -0.4 is 10.6 Å². The zero-order valence-electron chi connectivity index (χ0n) is 18.4. The Balaban J connectivity index is 1.71. The third-order valence-corrected chi connectivity index (χ3v) is 5.78. The highest BCUT2D eigenvalue weighted by molar-refractivity contribution is 5.93. The molecule has 0 saturated carbocycles. The minimum absolute atomic E-state index is 0.233. The molecule has 176 valence electrons. The Hall–Kier alpha value is -3.33. The van der Waals surface area contributed by atoms with Gasteiger partial charge in [-0.1, -0.05) is 30.3 Å². The number of likely N-dealkylation sites (N-methyl/N-ethyl adjacent to an activating group) is 1. The Morgan fingerprint density at radius 3 is 2.36 bits per heavy atom. The van der Waals surface area contributed by atoms with E-state index in [9.17, 15) is 28.3 Å². The summed E-state index contributed by atoms with van der Waals surface area (Å²) >= 11 is 0. The molecule has 0 radical (unpaired) electrons. The number of nitrogens with zero attached hydrogens (tertiary/aromatic N) is 1. The van der Waals surface area contributed by atoms with Crippen molar-refractivity contribution in [2.45, 2.75) is 43.9 Å². The van der Waals surface area contributed by atoms with Crippen molar-refractivity contribution in [3.05, 3.63) is 71.3 Å². The molecule has 4 atom stereocenters. The lowest BCUT2D eigenvalue weighted by atomic mass is 9.87. The standard InChI is InChI=1S/C24H27F2N3O4/c1-14(27-23(32)21(30)16-11-17(25)13-18(26)12-16)22(31)28-20-19(15-7-4-3-5-8-15)9-6-10-29(2)24(20)33/h3-5,7-8,11-14,19-21,30H,6,9-10H2,1-2H3,(H,27,32)(H,28,31)/t14-,19+,20-,21-/m0/s1. The number of carbonyl (C=O) groups is 3. The minimum atomic E-state index is -1.87. The molecule has 0 aliphatic carbocycles. The number of carbonyl (C=O) groups excluding carboxylic acids is 3. The largest absolute Gasteiger partial charge is 0.378 e. The highest BCUT2D eigenvalue weighted by Crippen LogP contribution is 2.29. The molecule has 33 heavy (non-hydrogen) atoms. The number of rotatable bonds is 6. The summed E-state index contributed by atoms with van der Waals surface area (Å²) in [5.41, 5.74) is 0.647. The van der Waals surface area contributed by atoms with Gasteiger partial charge < -0.3 is 20.6 Å². The number of benzene rings is 2.